The lowest BCUT2D eigenvalue weighted by Gasteiger charge is -2.30. The highest BCUT2D eigenvalue weighted by Crippen LogP contribution is 2.49. The average molecular weight is 184 g/mol. The van der Waals surface area contributed by atoms with Gasteiger partial charge in [0.25, 0.3) is 0 Å². The van der Waals surface area contributed by atoms with Crippen molar-refractivity contribution in [2.75, 3.05) is 0 Å². The average Bonchev–Trinajstić information content (AvgIpc) is 1.98. The largest absolute Gasteiger partial charge is 0.390 e. The van der Waals surface area contributed by atoms with Crippen LogP contribution in [0.15, 0.2) is 0 Å². The van der Waals surface area contributed by atoms with Crippen LogP contribution < -0.4 is 0 Å². The Morgan fingerprint density at radius 3 is 2.23 bits per heavy atom. The van der Waals surface area contributed by atoms with Gasteiger partial charge >= 0.3 is 0 Å². The summed E-state index contributed by atoms with van der Waals surface area (Å²) in [5.41, 5.74) is -0.0548. The maximum absolute atomic E-state index is 10.5. The summed E-state index contributed by atoms with van der Waals surface area (Å²) < 4.78 is 0. The molecule has 2 atom stereocenters. The quantitative estimate of drug-likeness (QED) is 0.698. The molecule has 0 heterocycles. The third kappa shape index (κ3) is 2.46. The molecule has 0 aromatic rings. The van der Waals surface area contributed by atoms with Gasteiger partial charge in [-0.3, -0.25) is 0 Å². The minimum atomic E-state index is -0.391. The van der Waals surface area contributed by atoms with E-state index in [2.05, 4.69) is 34.6 Å². The minimum Gasteiger partial charge on any atom is -0.390 e. The molecule has 0 aliphatic heterocycles. The van der Waals surface area contributed by atoms with Crippen LogP contribution in [0.3, 0.4) is 0 Å². The molecule has 1 rings (SSSR count). The monoisotopic (exact) mass is 184 g/mol. The van der Waals surface area contributed by atoms with Gasteiger partial charge in [0.05, 0.1) is 5.60 Å². The lowest BCUT2D eigenvalue weighted by atomic mass is 9.83. The van der Waals surface area contributed by atoms with Crippen molar-refractivity contribution >= 4 is 0 Å². The number of aliphatic hydroxyl groups is 1. The van der Waals surface area contributed by atoms with Gasteiger partial charge in [0.1, 0.15) is 0 Å². The Labute approximate surface area is 82.5 Å². The Kier molecular flexibility index (Phi) is 2.78. The van der Waals surface area contributed by atoms with Gasteiger partial charge < -0.3 is 5.11 Å². The summed E-state index contributed by atoms with van der Waals surface area (Å²) in [4.78, 5) is 0. The lowest BCUT2D eigenvalue weighted by Crippen LogP contribution is -2.33. The van der Waals surface area contributed by atoms with Crippen molar-refractivity contribution in [3.05, 3.63) is 0 Å². The van der Waals surface area contributed by atoms with Gasteiger partial charge in [-0.1, -0.05) is 34.6 Å². The molecule has 1 N–H and O–H groups in total. The predicted molar refractivity (Wildman–Crippen MR) is 56.6 cm³/mol. The van der Waals surface area contributed by atoms with Crippen molar-refractivity contribution in [2.24, 2.45) is 17.3 Å². The van der Waals surface area contributed by atoms with E-state index in [0.29, 0.717) is 17.3 Å². The van der Waals surface area contributed by atoms with E-state index in [9.17, 15) is 5.11 Å². The molecule has 0 aromatic carbocycles. The van der Waals surface area contributed by atoms with Crippen LogP contribution in [0.4, 0.5) is 0 Å². The Bertz CT molecular complexity index is 184. The topological polar surface area (TPSA) is 20.2 Å². The van der Waals surface area contributed by atoms with Crippen LogP contribution in [-0.2, 0) is 0 Å². The standard InChI is InChI=1S/C12H24O/c1-9(2)6-12(13)8-11(4,5)7-10(12)3/h9-10,13H,6-8H2,1-5H3. The third-order valence-corrected chi connectivity index (χ3v) is 3.32. The maximum atomic E-state index is 10.5. The summed E-state index contributed by atoms with van der Waals surface area (Å²) in [5, 5.41) is 10.5. The van der Waals surface area contributed by atoms with E-state index in [0.717, 1.165) is 19.3 Å². The molecule has 1 aliphatic rings. The smallest absolute Gasteiger partial charge is 0.0680 e. The SMILES string of the molecule is CC(C)CC1(O)CC(C)(C)CC1C. The second kappa shape index (κ2) is 3.27. The van der Waals surface area contributed by atoms with Crippen molar-refractivity contribution in [2.45, 2.75) is 59.5 Å². The second-order valence-electron chi connectivity index (χ2n) is 6.15. The molecule has 0 aromatic heterocycles. The van der Waals surface area contributed by atoms with Crippen LogP contribution in [0, 0.1) is 17.3 Å². The van der Waals surface area contributed by atoms with Crippen molar-refractivity contribution in [3.8, 4) is 0 Å². The van der Waals surface area contributed by atoms with E-state index in [1.807, 2.05) is 0 Å². The Balaban J connectivity index is 2.69. The summed E-state index contributed by atoms with van der Waals surface area (Å²) in [6.07, 6.45) is 3.09. The maximum Gasteiger partial charge on any atom is 0.0680 e. The first-order chi connectivity index (χ1) is 5.75. The molecule has 1 aliphatic carbocycles. The molecule has 1 nitrogen and oxygen atoms in total. The molecule has 0 amide bonds. The number of rotatable bonds is 2. The molecule has 0 radical (unpaired) electrons. The molecule has 13 heavy (non-hydrogen) atoms. The highest BCUT2D eigenvalue weighted by atomic mass is 16.3. The van der Waals surface area contributed by atoms with E-state index in [4.69, 9.17) is 0 Å². The summed E-state index contributed by atoms with van der Waals surface area (Å²) in [7, 11) is 0. The van der Waals surface area contributed by atoms with Gasteiger partial charge in [-0.25, -0.2) is 0 Å². The lowest BCUT2D eigenvalue weighted by molar-refractivity contribution is -0.0145. The fraction of sp³-hybridized carbons (Fsp3) is 1.00. The highest BCUT2D eigenvalue weighted by molar-refractivity contribution is 4.98. The van der Waals surface area contributed by atoms with Gasteiger partial charge in [0.15, 0.2) is 0 Å². The normalized spacial score (nSPS) is 38.5. The molecular weight excluding hydrogens is 160 g/mol. The zero-order valence-electron chi connectivity index (χ0n) is 9.72. The van der Waals surface area contributed by atoms with Gasteiger partial charge in [-0.05, 0) is 36.5 Å². The number of hydrogen-bond donors (Lipinski definition) is 1. The van der Waals surface area contributed by atoms with Crippen LogP contribution in [0.25, 0.3) is 0 Å². The summed E-state index contributed by atoms with van der Waals surface area (Å²) in [6.45, 7) is 11.1. The van der Waals surface area contributed by atoms with E-state index < -0.39 is 5.60 Å². The van der Waals surface area contributed by atoms with Crippen LogP contribution >= 0.6 is 0 Å². The molecule has 78 valence electrons. The fourth-order valence-electron chi connectivity index (χ4n) is 3.07. The first-order valence-electron chi connectivity index (χ1n) is 5.48. The highest BCUT2D eigenvalue weighted by Gasteiger charge is 2.47. The van der Waals surface area contributed by atoms with Crippen molar-refractivity contribution < 1.29 is 5.11 Å². The fourth-order valence-corrected chi connectivity index (χ4v) is 3.07. The Hall–Kier alpha value is -0.0400. The summed E-state index contributed by atoms with van der Waals surface area (Å²) in [6, 6.07) is 0. The zero-order chi connectivity index (χ0) is 10.3. The van der Waals surface area contributed by atoms with Crippen molar-refractivity contribution in [1.29, 1.82) is 0 Å². The van der Waals surface area contributed by atoms with Crippen LogP contribution in [0.5, 0.6) is 0 Å². The molecule has 2 unspecified atom stereocenters. The van der Waals surface area contributed by atoms with Gasteiger partial charge in [-0.2, -0.15) is 0 Å². The van der Waals surface area contributed by atoms with Crippen molar-refractivity contribution in [1.82, 2.24) is 0 Å². The van der Waals surface area contributed by atoms with Gasteiger partial charge in [0, 0.05) is 0 Å². The molecular formula is C12H24O. The summed E-state index contributed by atoms with van der Waals surface area (Å²) in [5.74, 6) is 1.06. The number of hydrogen-bond acceptors (Lipinski definition) is 1. The third-order valence-electron chi connectivity index (χ3n) is 3.32. The molecule has 1 heteroatoms. The minimum absolute atomic E-state index is 0.336. The van der Waals surface area contributed by atoms with Crippen LogP contribution in [-0.4, -0.2) is 10.7 Å². The molecule has 1 fully saturated rings. The Morgan fingerprint density at radius 1 is 1.38 bits per heavy atom. The molecule has 1 saturated carbocycles. The first kappa shape index (κ1) is 11.0. The van der Waals surface area contributed by atoms with Crippen molar-refractivity contribution in [3.63, 3.8) is 0 Å². The van der Waals surface area contributed by atoms with Gasteiger partial charge in [-0.15, -0.1) is 0 Å². The van der Waals surface area contributed by atoms with Gasteiger partial charge in [0.2, 0.25) is 0 Å². The summed E-state index contributed by atoms with van der Waals surface area (Å²) >= 11 is 0. The van der Waals surface area contributed by atoms with E-state index >= 15 is 0 Å². The van der Waals surface area contributed by atoms with E-state index in [1.165, 1.54) is 0 Å². The molecule has 0 bridgehead atoms. The first-order valence-corrected chi connectivity index (χ1v) is 5.48. The van der Waals surface area contributed by atoms with E-state index in [1.54, 1.807) is 0 Å². The molecule has 0 saturated heterocycles. The van der Waals surface area contributed by atoms with Crippen LogP contribution in [0.1, 0.15) is 53.9 Å². The molecule has 0 spiro atoms. The predicted octanol–water partition coefficient (Wildman–Crippen LogP) is 3.22. The second-order valence-corrected chi connectivity index (χ2v) is 6.15. The zero-order valence-corrected chi connectivity index (χ0v) is 9.72. The Morgan fingerprint density at radius 2 is 1.92 bits per heavy atom. The van der Waals surface area contributed by atoms with Crippen LogP contribution in [0.2, 0.25) is 0 Å². The van der Waals surface area contributed by atoms with E-state index in [-0.39, 0.29) is 0 Å².